The van der Waals surface area contributed by atoms with Gasteiger partial charge in [-0.15, -0.1) is 0 Å². The summed E-state index contributed by atoms with van der Waals surface area (Å²) in [4.78, 5) is 98.2. The first-order valence-electron chi connectivity index (χ1n) is 21.8. The molecule has 352 valence electrons. The predicted molar refractivity (Wildman–Crippen MR) is 241 cm³/mol. The van der Waals surface area contributed by atoms with Crippen LogP contribution < -0.4 is 31.7 Å². The van der Waals surface area contributed by atoms with E-state index < -0.39 is 41.5 Å². The number of methoxy groups -OCH3 is 2. The summed E-state index contributed by atoms with van der Waals surface area (Å²) in [5.41, 5.74) is 3.56. The van der Waals surface area contributed by atoms with Crippen LogP contribution in [0.25, 0.3) is 44.5 Å². The number of pyridine rings is 1. The number of ether oxygens (including phenoxy) is 3. The number of H-pyrrole nitrogens is 1. The molecule has 3 aliphatic rings. The van der Waals surface area contributed by atoms with Crippen molar-refractivity contribution < 1.29 is 51.8 Å². The summed E-state index contributed by atoms with van der Waals surface area (Å²) < 4.78 is 50.0. The Morgan fingerprint density at radius 3 is 2.49 bits per heavy atom. The first kappa shape index (κ1) is 45.2. The summed E-state index contributed by atoms with van der Waals surface area (Å²) in [6, 6.07) is 11.8. The van der Waals surface area contributed by atoms with Crippen molar-refractivity contribution in [3.05, 3.63) is 99.6 Å². The number of anilines is 1. The number of hydrogen-bond acceptors (Lipinski definition) is 11. The number of halogens is 2. The van der Waals surface area contributed by atoms with Crippen molar-refractivity contribution in [3.63, 3.8) is 0 Å². The molecule has 3 atom stereocenters. The van der Waals surface area contributed by atoms with Gasteiger partial charge in [-0.1, -0.05) is 12.1 Å². The number of nitrogens with one attached hydrogen (secondary N) is 5. The molecule has 3 aromatic carbocycles. The molecule has 0 bridgehead atoms. The van der Waals surface area contributed by atoms with Crippen molar-refractivity contribution in [2.24, 2.45) is 7.05 Å². The highest BCUT2D eigenvalue weighted by Crippen LogP contribution is 2.43. The lowest BCUT2D eigenvalue weighted by atomic mass is 9.97. The minimum atomic E-state index is -0.869. The number of imidazole rings is 1. The van der Waals surface area contributed by atoms with Crippen LogP contribution in [-0.2, 0) is 37.4 Å². The molecular formula is C47H45F2N9O10. The summed E-state index contributed by atoms with van der Waals surface area (Å²) in [6.07, 6.45) is 2.93. The molecule has 2 aliphatic heterocycles. The first-order valence-corrected chi connectivity index (χ1v) is 21.8. The van der Waals surface area contributed by atoms with Gasteiger partial charge in [-0.05, 0) is 79.3 Å². The van der Waals surface area contributed by atoms with Gasteiger partial charge < -0.3 is 40.0 Å². The number of amides is 6. The fraction of sp³-hybridized carbons (Fsp3) is 0.319. The van der Waals surface area contributed by atoms with E-state index in [4.69, 9.17) is 14.2 Å². The van der Waals surface area contributed by atoms with Crippen molar-refractivity contribution in [1.29, 1.82) is 0 Å². The molecular weight excluding hydrogens is 889 g/mol. The highest BCUT2D eigenvalue weighted by Gasteiger charge is 2.39. The van der Waals surface area contributed by atoms with Crippen LogP contribution in [0.15, 0.2) is 65.6 Å². The normalized spacial score (nSPS) is 17.9. The molecule has 1 saturated carbocycles. The lowest BCUT2D eigenvalue weighted by molar-refractivity contribution is -0.137. The second-order valence-corrected chi connectivity index (χ2v) is 16.8. The second kappa shape index (κ2) is 18.4. The topological polar surface area (TPSA) is 237 Å². The number of aromatic nitrogens is 4. The number of carbonyl (C=O) groups excluding carboxylic acids is 6. The zero-order valence-corrected chi connectivity index (χ0v) is 37.0. The maximum atomic E-state index is 16.0. The largest absolute Gasteiger partial charge is 0.494 e. The summed E-state index contributed by atoms with van der Waals surface area (Å²) >= 11 is 0. The van der Waals surface area contributed by atoms with Crippen LogP contribution >= 0.6 is 0 Å². The number of rotatable bonds is 13. The number of alkyl carbamates (subject to hydrolysis) is 1. The summed E-state index contributed by atoms with van der Waals surface area (Å²) in [5.74, 6) is -4.04. The molecule has 2 fully saturated rings. The maximum Gasteiger partial charge on any atom is 0.407 e. The zero-order chi connectivity index (χ0) is 48.0. The molecule has 1 unspecified atom stereocenters. The Morgan fingerprint density at radius 2 is 1.74 bits per heavy atom. The molecule has 21 heteroatoms. The van der Waals surface area contributed by atoms with Gasteiger partial charge in [-0.2, -0.15) is 0 Å². The predicted octanol–water partition coefficient (Wildman–Crippen LogP) is 4.43. The molecule has 1 saturated heterocycles. The lowest BCUT2D eigenvalue weighted by Crippen LogP contribution is -2.52. The third-order valence-corrected chi connectivity index (χ3v) is 12.7. The monoisotopic (exact) mass is 933 g/mol. The van der Waals surface area contributed by atoms with Gasteiger partial charge in [0.2, 0.25) is 17.7 Å². The van der Waals surface area contributed by atoms with E-state index in [2.05, 4.69) is 31.2 Å². The molecule has 6 amide bonds. The first-order chi connectivity index (χ1) is 32.7. The van der Waals surface area contributed by atoms with E-state index in [1.165, 1.54) is 54.0 Å². The average molecular weight is 934 g/mol. The smallest absolute Gasteiger partial charge is 0.407 e. The number of benzene rings is 3. The van der Waals surface area contributed by atoms with Crippen molar-refractivity contribution in [3.8, 4) is 28.1 Å². The zero-order valence-electron chi connectivity index (χ0n) is 37.0. The molecule has 3 aromatic heterocycles. The number of aryl methyl sites for hydroxylation is 1. The number of hydrogen-bond donors (Lipinski definition) is 5. The van der Waals surface area contributed by atoms with E-state index in [0.717, 1.165) is 0 Å². The van der Waals surface area contributed by atoms with Crippen LogP contribution in [-0.4, -0.2) is 106 Å². The average Bonchev–Trinajstić information content (AvgIpc) is 4.08. The van der Waals surface area contributed by atoms with Gasteiger partial charge in [0.05, 0.1) is 54.7 Å². The minimum absolute atomic E-state index is 0.00220. The number of fused-ring (bicyclic) bond motifs is 4. The van der Waals surface area contributed by atoms with E-state index in [0.29, 0.717) is 80.5 Å². The minimum Gasteiger partial charge on any atom is -0.494 e. The van der Waals surface area contributed by atoms with Gasteiger partial charge in [0.1, 0.15) is 24.1 Å². The van der Waals surface area contributed by atoms with Crippen LogP contribution in [0.4, 0.5) is 19.3 Å². The molecule has 5 N–H and O–H groups in total. The summed E-state index contributed by atoms with van der Waals surface area (Å²) in [5, 5.41) is 10.8. The van der Waals surface area contributed by atoms with Gasteiger partial charge in [0.15, 0.2) is 11.6 Å². The molecule has 9 rings (SSSR count). The molecule has 0 spiro atoms. The van der Waals surface area contributed by atoms with Crippen LogP contribution in [0.3, 0.4) is 0 Å². The van der Waals surface area contributed by atoms with Crippen molar-refractivity contribution in [2.75, 3.05) is 39.3 Å². The third kappa shape index (κ3) is 8.39. The highest BCUT2D eigenvalue weighted by atomic mass is 19.1. The van der Waals surface area contributed by atoms with Gasteiger partial charge in [-0.3, -0.25) is 38.4 Å². The quantitative estimate of drug-likeness (QED) is 0.0802. The Bertz CT molecular complexity index is 3140. The van der Waals surface area contributed by atoms with Crippen LogP contribution in [0.5, 0.6) is 5.75 Å². The Hall–Kier alpha value is -7.94. The number of aromatic amines is 1. The van der Waals surface area contributed by atoms with E-state index in [-0.39, 0.29) is 80.0 Å². The number of piperidine rings is 1. The summed E-state index contributed by atoms with van der Waals surface area (Å²) in [7, 11) is 4.25. The fourth-order valence-corrected chi connectivity index (χ4v) is 9.39. The molecule has 1 aliphatic carbocycles. The van der Waals surface area contributed by atoms with Crippen molar-refractivity contribution in [2.45, 2.75) is 56.8 Å². The third-order valence-electron chi connectivity index (χ3n) is 12.7. The Labute approximate surface area is 385 Å². The fourth-order valence-electron chi connectivity index (χ4n) is 9.39. The highest BCUT2D eigenvalue weighted by molar-refractivity contribution is 6.14. The molecule has 68 heavy (non-hydrogen) atoms. The SMILES string of the molecule is COC(=O)N[C@@H]1CC[C@@H](n2c(=O)n(C)c3cnc4[nH]c(-c5ccc(C(=O)NCCOCC(=O)Nc6ccc7c(c6)CN(C6CCC(=O)NC6=O)C7=O)c(F)c5)c(-c5ccc(OC)c(F)c5)c4c32)C1. The van der Waals surface area contributed by atoms with E-state index >= 15 is 8.78 Å². The van der Waals surface area contributed by atoms with Crippen molar-refractivity contribution >= 4 is 63.4 Å². The lowest BCUT2D eigenvalue weighted by Gasteiger charge is -2.29. The van der Waals surface area contributed by atoms with Gasteiger partial charge in [0.25, 0.3) is 11.8 Å². The van der Waals surface area contributed by atoms with Gasteiger partial charge in [0, 0.05) is 61.0 Å². The van der Waals surface area contributed by atoms with E-state index in [1.54, 1.807) is 42.1 Å². The molecule has 5 heterocycles. The van der Waals surface area contributed by atoms with Gasteiger partial charge in [-0.25, -0.2) is 23.4 Å². The molecule has 0 radical (unpaired) electrons. The van der Waals surface area contributed by atoms with Crippen LogP contribution in [0.2, 0.25) is 0 Å². The standard InChI is InChI=1S/C47H45F2N9O10/c1-56-34-20-51-42-39(41(34)58(47(56)65)28-8-6-27(19-28)53-46(64)67-3)38(23-5-12-35(66-2)32(49)17-23)40(55-42)24-4-9-30(31(48)18-24)43(61)50-14-15-68-22-37(60)52-26-7-10-29-25(16-26)21-57(45(29)63)33-11-13-36(59)54-44(33)62/h4-5,7,9-10,12,16-18,20,27-28,33H,6,8,11,13-15,19,21-22H2,1-3H3,(H,50,61)(H,51,55)(H,52,60)(H,53,64)(H,54,59,62)/t27-,28-,33?/m1/s1. The second-order valence-electron chi connectivity index (χ2n) is 16.8. The summed E-state index contributed by atoms with van der Waals surface area (Å²) in [6.45, 7) is -0.402. The van der Waals surface area contributed by atoms with Gasteiger partial charge >= 0.3 is 11.8 Å². The Kier molecular flexibility index (Phi) is 12.2. The molecule has 19 nitrogen and oxygen atoms in total. The Balaban J connectivity index is 0.891. The van der Waals surface area contributed by atoms with Crippen LogP contribution in [0.1, 0.15) is 64.4 Å². The number of imide groups is 1. The van der Waals surface area contributed by atoms with E-state index in [1.807, 2.05) is 0 Å². The van der Waals surface area contributed by atoms with Crippen molar-refractivity contribution in [1.82, 2.24) is 40.0 Å². The maximum absolute atomic E-state index is 16.0. The number of nitrogens with zero attached hydrogens (tertiary/aromatic N) is 4. The molecule has 6 aromatic rings. The van der Waals surface area contributed by atoms with E-state index in [9.17, 15) is 33.6 Å². The Morgan fingerprint density at radius 1 is 0.941 bits per heavy atom. The van der Waals surface area contributed by atoms with Crippen LogP contribution in [0, 0.1) is 11.6 Å². The number of carbonyl (C=O) groups is 6.